The maximum atomic E-state index is 11.6. The molecule has 3 N–H and O–H groups in total. The molecule has 0 aliphatic heterocycles. The average molecular weight is 256 g/mol. The zero-order valence-corrected chi connectivity index (χ0v) is 11.8. The summed E-state index contributed by atoms with van der Waals surface area (Å²) in [7, 11) is 0. The monoisotopic (exact) mass is 256 g/mol. The van der Waals surface area contributed by atoms with Crippen molar-refractivity contribution < 1.29 is 9.53 Å². The molecule has 0 aromatic heterocycles. The van der Waals surface area contributed by atoms with Gasteiger partial charge in [-0.2, -0.15) is 0 Å². The molecule has 0 aromatic rings. The van der Waals surface area contributed by atoms with Gasteiger partial charge in [0.25, 0.3) is 0 Å². The summed E-state index contributed by atoms with van der Waals surface area (Å²) >= 11 is 0. The SMILES string of the molecule is CC(C)CCNC(=O)COC1CCCCCC1N. The van der Waals surface area contributed by atoms with E-state index in [1.807, 2.05) is 0 Å². The molecule has 4 heteroatoms. The van der Waals surface area contributed by atoms with Crippen molar-refractivity contribution in [1.82, 2.24) is 5.32 Å². The van der Waals surface area contributed by atoms with Crippen molar-refractivity contribution in [2.75, 3.05) is 13.2 Å². The van der Waals surface area contributed by atoms with Crippen LogP contribution in [0, 0.1) is 5.92 Å². The predicted molar refractivity (Wildman–Crippen MR) is 73.3 cm³/mol. The molecule has 0 spiro atoms. The molecule has 0 saturated heterocycles. The lowest BCUT2D eigenvalue weighted by atomic mass is 10.1. The van der Waals surface area contributed by atoms with E-state index in [0.717, 1.165) is 32.2 Å². The normalized spacial score (nSPS) is 24.9. The van der Waals surface area contributed by atoms with Crippen molar-refractivity contribution in [2.24, 2.45) is 11.7 Å². The first-order chi connectivity index (χ1) is 8.59. The highest BCUT2D eigenvalue weighted by atomic mass is 16.5. The van der Waals surface area contributed by atoms with Gasteiger partial charge in [0.2, 0.25) is 5.91 Å². The summed E-state index contributed by atoms with van der Waals surface area (Å²) in [5.41, 5.74) is 6.05. The molecule has 1 aliphatic rings. The van der Waals surface area contributed by atoms with Crippen LogP contribution in [0.3, 0.4) is 0 Å². The summed E-state index contributed by atoms with van der Waals surface area (Å²) in [4.78, 5) is 11.6. The van der Waals surface area contributed by atoms with Crippen molar-refractivity contribution >= 4 is 5.91 Å². The minimum absolute atomic E-state index is 0.0212. The first kappa shape index (κ1) is 15.4. The van der Waals surface area contributed by atoms with E-state index in [2.05, 4.69) is 19.2 Å². The van der Waals surface area contributed by atoms with Crippen molar-refractivity contribution in [2.45, 2.75) is 64.5 Å². The second-order valence-corrected chi connectivity index (χ2v) is 5.68. The van der Waals surface area contributed by atoms with Crippen LogP contribution >= 0.6 is 0 Å². The Morgan fingerprint density at radius 2 is 2.06 bits per heavy atom. The molecule has 18 heavy (non-hydrogen) atoms. The van der Waals surface area contributed by atoms with Gasteiger partial charge in [-0.05, 0) is 25.2 Å². The average Bonchev–Trinajstić information content (AvgIpc) is 2.51. The van der Waals surface area contributed by atoms with E-state index in [1.165, 1.54) is 12.8 Å². The third kappa shape index (κ3) is 6.36. The van der Waals surface area contributed by atoms with Crippen LogP contribution in [0.15, 0.2) is 0 Å². The molecule has 4 nitrogen and oxygen atoms in total. The largest absolute Gasteiger partial charge is 0.367 e. The molecule has 2 unspecified atom stereocenters. The maximum Gasteiger partial charge on any atom is 0.246 e. The second kappa shape index (κ2) is 8.48. The number of hydrogen-bond acceptors (Lipinski definition) is 3. The summed E-state index contributed by atoms with van der Waals surface area (Å²) in [6.07, 6.45) is 6.64. The lowest BCUT2D eigenvalue weighted by Crippen LogP contribution is -2.39. The van der Waals surface area contributed by atoms with Gasteiger partial charge in [-0.25, -0.2) is 0 Å². The fraction of sp³-hybridized carbons (Fsp3) is 0.929. The first-order valence-corrected chi connectivity index (χ1v) is 7.23. The fourth-order valence-corrected chi connectivity index (χ4v) is 2.24. The molecular weight excluding hydrogens is 228 g/mol. The third-order valence-corrected chi connectivity index (χ3v) is 3.48. The molecule has 2 atom stereocenters. The molecule has 0 aromatic carbocycles. The van der Waals surface area contributed by atoms with Crippen LogP contribution in [-0.2, 0) is 9.53 Å². The predicted octanol–water partition coefficient (Wildman–Crippen LogP) is 1.83. The first-order valence-electron chi connectivity index (χ1n) is 7.23. The highest BCUT2D eigenvalue weighted by Crippen LogP contribution is 2.19. The van der Waals surface area contributed by atoms with E-state index >= 15 is 0 Å². The van der Waals surface area contributed by atoms with Crippen molar-refractivity contribution in [1.29, 1.82) is 0 Å². The minimum Gasteiger partial charge on any atom is -0.367 e. The summed E-state index contributed by atoms with van der Waals surface area (Å²) in [6.45, 7) is 5.17. The van der Waals surface area contributed by atoms with Crippen LogP contribution in [-0.4, -0.2) is 31.2 Å². The van der Waals surface area contributed by atoms with Gasteiger partial charge in [-0.15, -0.1) is 0 Å². The molecular formula is C14H28N2O2. The number of amides is 1. The smallest absolute Gasteiger partial charge is 0.246 e. The Balaban J connectivity index is 2.16. The summed E-state index contributed by atoms with van der Waals surface area (Å²) in [5, 5.41) is 2.88. The van der Waals surface area contributed by atoms with Crippen LogP contribution in [0.25, 0.3) is 0 Å². The third-order valence-electron chi connectivity index (χ3n) is 3.48. The fourth-order valence-electron chi connectivity index (χ4n) is 2.24. The Morgan fingerprint density at radius 1 is 1.33 bits per heavy atom. The summed E-state index contributed by atoms with van der Waals surface area (Å²) in [5.74, 6) is 0.591. The number of rotatable bonds is 6. The van der Waals surface area contributed by atoms with E-state index in [0.29, 0.717) is 5.92 Å². The van der Waals surface area contributed by atoms with E-state index in [1.54, 1.807) is 0 Å². The standard InChI is InChI=1S/C14H28N2O2/c1-11(2)8-9-16-14(17)10-18-13-7-5-3-4-6-12(13)15/h11-13H,3-10,15H2,1-2H3,(H,16,17). The van der Waals surface area contributed by atoms with E-state index in [9.17, 15) is 4.79 Å². The van der Waals surface area contributed by atoms with Gasteiger partial charge >= 0.3 is 0 Å². The Kier molecular flexibility index (Phi) is 7.28. The Hall–Kier alpha value is -0.610. The number of nitrogens with one attached hydrogen (secondary N) is 1. The Labute approximate surface area is 111 Å². The topological polar surface area (TPSA) is 64.3 Å². The van der Waals surface area contributed by atoms with E-state index in [-0.39, 0.29) is 24.7 Å². The van der Waals surface area contributed by atoms with Gasteiger partial charge in [0.15, 0.2) is 0 Å². The molecule has 1 amide bonds. The van der Waals surface area contributed by atoms with Crippen molar-refractivity contribution in [3.63, 3.8) is 0 Å². The van der Waals surface area contributed by atoms with Gasteiger partial charge in [-0.3, -0.25) is 4.79 Å². The zero-order chi connectivity index (χ0) is 13.4. The van der Waals surface area contributed by atoms with Crippen LogP contribution < -0.4 is 11.1 Å². The van der Waals surface area contributed by atoms with Gasteiger partial charge in [0.1, 0.15) is 6.61 Å². The van der Waals surface area contributed by atoms with E-state index < -0.39 is 0 Å². The zero-order valence-electron chi connectivity index (χ0n) is 11.8. The number of hydrogen-bond donors (Lipinski definition) is 2. The van der Waals surface area contributed by atoms with Crippen LogP contribution in [0.2, 0.25) is 0 Å². The van der Waals surface area contributed by atoms with Gasteiger partial charge in [-0.1, -0.05) is 33.1 Å². The molecule has 106 valence electrons. The molecule has 0 radical (unpaired) electrons. The number of ether oxygens (including phenoxy) is 1. The van der Waals surface area contributed by atoms with Gasteiger partial charge < -0.3 is 15.8 Å². The van der Waals surface area contributed by atoms with Crippen LogP contribution in [0.4, 0.5) is 0 Å². The van der Waals surface area contributed by atoms with E-state index in [4.69, 9.17) is 10.5 Å². The molecule has 1 rings (SSSR count). The molecule has 1 fully saturated rings. The quantitative estimate of drug-likeness (QED) is 0.713. The number of carbonyl (C=O) groups is 1. The molecule has 0 bridgehead atoms. The van der Waals surface area contributed by atoms with Gasteiger partial charge in [0, 0.05) is 12.6 Å². The van der Waals surface area contributed by atoms with Gasteiger partial charge in [0.05, 0.1) is 6.10 Å². The summed E-state index contributed by atoms with van der Waals surface area (Å²) in [6, 6.07) is 0.0935. The van der Waals surface area contributed by atoms with Crippen molar-refractivity contribution in [3.8, 4) is 0 Å². The Morgan fingerprint density at radius 3 is 2.78 bits per heavy atom. The molecule has 0 heterocycles. The summed E-state index contributed by atoms with van der Waals surface area (Å²) < 4.78 is 5.66. The highest BCUT2D eigenvalue weighted by Gasteiger charge is 2.21. The number of nitrogens with two attached hydrogens (primary N) is 1. The molecule has 1 aliphatic carbocycles. The maximum absolute atomic E-state index is 11.6. The minimum atomic E-state index is -0.0212. The lowest BCUT2D eigenvalue weighted by Gasteiger charge is -2.21. The Bertz CT molecular complexity index is 244. The highest BCUT2D eigenvalue weighted by molar-refractivity contribution is 5.77. The number of carbonyl (C=O) groups excluding carboxylic acids is 1. The van der Waals surface area contributed by atoms with Crippen LogP contribution in [0.5, 0.6) is 0 Å². The lowest BCUT2D eigenvalue weighted by molar-refractivity contribution is -0.128. The van der Waals surface area contributed by atoms with Crippen LogP contribution in [0.1, 0.15) is 52.4 Å². The second-order valence-electron chi connectivity index (χ2n) is 5.68. The molecule has 1 saturated carbocycles. The van der Waals surface area contributed by atoms with Crippen molar-refractivity contribution in [3.05, 3.63) is 0 Å².